The van der Waals surface area contributed by atoms with Crippen LogP contribution in [0.1, 0.15) is 50.7 Å². The summed E-state index contributed by atoms with van der Waals surface area (Å²) in [6, 6.07) is 9.25. The van der Waals surface area contributed by atoms with Crippen LogP contribution < -0.4 is 5.32 Å². The Morgan fingerprint density at radius 2 is 1.85 bits per heavy atom. The normalized spacial score (nSPS) is 16.1. The minimum atomic E-state index is 0.556. The number of ether oxygens (including phenoxy) is 1. The molecule has 0 aliphatic heterocycles. The van der Waals surface area contributed by atoms with Gasteiger partial charge in [0.1, 0.15) is 0 Å². The van der Waals surface area contributed by atoms with Crippen molar-refractivity contribution >= 4 is 0 Å². The minimum Gasteiger partial charge on any atom is -0.376 e. The third kappa shape index (κ3) is 5.26. The number of hydrogen-bond acceptors (Lipinski definition) is 2. The predicted molar refractivity (Wildman–Crippen MR) is 84.9 cm³/mol. The third-order valence-electron chi connectivity index (χ3n) is 4.15. The summed E-state index contributed by atoms with van der Waals surface area (Å²) in [5.74, 6) is 0.810. The molecule has 0 radical (unpaired) electrons. The van der Waals surface area contributed by atoms with Gasteiger partial charge in [0.05, 0.1) is 6.61 Å². The zero-order valence-electron chi connectivity index (χ0n) is 13.0. The van der Waals surface area contributed by atoms with Gasteiger partial charge < -0.3 is 10.1 Å². The summed E-state index contributed by atoms with van der Waals surface area (Å²) in [6.45, 7) is 7.14. The topological polar surface area (TPSA) is 21.3 Å². The molecule has 1 N–H and O–H groups in total. The molecule has 1 fully saturated rings. The van der Waals surface area contributed by atoms with E-state index in [4.69, 9.17) is 4.74 Å². The van der Waals surface area contributed by atoms with Crippen molar-refractivity contribution in [2.45, 2.75) is 58.6 Å². The molecular weight excluding hydrogens is 246 g/mol. The number of benzene rings is 1. The molecule has 0 bridgehead atoms. The molecule has 2 rings (SSSR count). The lowest BCUT2D eigenvalue weighted by Crippen LogP contribution is -2.25. The van der Waals surface area contributed by atoms with Gasteiger partial charge in [-0.1, -0.05) is 51.0 Å². The van der Waals surface area contributed by atoms with Crippen LogP contribution in [0, 0.1) is 5.92 Å². The SMILES string of the molecule is CC(C)NCCc1ccccc1COCC1CCCC1. The summed E-state index contributed by atoms with van der Waals surface area (Å²) in [5.41, 5.74) is 2.78. The first-order chi connectivity index (χ1) is 9.75. The Kier molecular flexibility index (Phi) is 6.55. The monoisotopic (exact) mass is 275 g/mol. The van der Waals surface area contributed by atoms with Gasteiger partial charge in [-0.05, 0) is 42.9 Å². The highest BCUT2D eigenvalue weighted by molar-refractivity contribution is 5.26. The summed E-state index contributed by atoms with van der Waals surface area (Å²) in [4.78, 5) is 0. The molecule has 2 nitrogen and oxygen atoms in total. The largest absolute Gasteiger partial charge is 0.376 e. The van der Waals surface area contributed by atoms with Gasteiger partial charge in [-0.2, -0.15) is 0 Å². The molecule has 1 saturated carbocycles. The lowest BCUT2D eigenvalue weighted by atomic mass is 10.0. The zero-order chi connectivity index (χ0) is 14.2. The van der Waals surface area contributed by atoms with Crippen molar-refractivity contribution in [1.29, 1.82) is 0 Å². The molecular formula is C18H29NO. The van der Waals surface area contributed by atoms with E-state index in [0.717, 1.165) is 32.1 Å². The summed E-state index contributed by atoms with van der Waals surface area (Å²) in [5, 5.41) is 3.48. The molecule has 0 atom stereocenters. The van der Waals surface area contributed by atoms with Gasteiger partial charge in [0.15, 0.2) is 0 Å². The van der Waals surface area contributed by atoms with Crippen molar-refractivity contribution in [3.63, 3.8) is 0 Å². The highest BCUT2D eigenvalue weighted by Gasteiger charge is 2.15. The Hall–Kier alpha value is -0.860. The van der Waals surface area contributed by atoms with E-state index in [1.807, 2.05) is 0 Å². The molecule has 0 amide bonds. The fourth-order valence-corrected chi connectivity index (χ4v) is 2.95. The second-order valence-corrected chi connectivity index (χ2v) is 6.29. The van der Waals surface area contributed by atoms with Crippen LogP contribution in [-0.2, 0) is 17.8 Å². The average molecular weight is 275 g/mol. The van der Waals surface area contributed by atoms with Gasteiger partial charge in [-0.15, -0.1) is 0 Å². The fourth-order valence-electron chi connectivity index (χ4n) is 2.95. The summed E-state index contributed by atoms with van der Waals surface area (Å²) in [7, 11) is 0. The molecule has 1 aromatic carbocycles. The summed E-state index contributed by atoms with van der Waals surface area (Å²) < 4.78 is 5.95. The Morgan fingerprint density at radius 3 is 2.55 bits per heavy atom. The standard InChI is InChI=1S/C18H29NO/c1-15(2)19-12-11-17-9-5-6-10-18(17)14-20-13-16-7-3-4-8-16/h5-6,9-10,15-16,19H,3-4,7-8,11-14H2,1-2H3. The Balaban J connectivity index is 1.77. The molecule has 0 spiro atoms. The molecule has 2 heteroatoms. The number of rotatable bonds is 8. The van der Waals surface area contributed by atoms with Crippen molar-refractivity contribution in [3.05, 3.63) is 35.4 Å². The number of hydrogen-bond donors (Lipinski definition) is 1. The Morgan fingerprint density at radius 1 is 1.15 bits per heavy atom. The van der Waals surface area contributed by atoms with Gasteiger partial charge in [-0.25, -0.2) is 0 Å². The maximum atomic E-state index is 5.95. The smallest absolute Gasteiger partial charge is 0.0719 e. The molecule has 20 heavy (non-hydrogen) atoms. The van der Waals surface area contributed by atoms with Crippen LogP contribution in [0.3, 0.4) is 0 Å². The second-order valence-electron chi connectivity index (χ2n) is 6.29. The van der Waals surface area contributed by atoms with Crippen LogP contribution in [0.5, 0.6) is 0 Å². The minimum absolute atomic E-state index is 0.556. The molecule has 1 aliphatic carbocycles. The van der Waals surface area contributed by atoms with Crippen LogP contribution in [0.2, 0.25) is 0 Å². The van der Waals surface area contributed by atoms with Crippen molar-refractivity contribution < 1.29 is 4.74 Å². The van der Waals surface area contributed by atoms with E-state index in [1.165, 1.54) is 36.8 Å². The van der Waals surface area contributed by atoms with E-state index in [0.29, 0.717) is 6.04 Å². The first-order valence-electron chi connectivity index (χ1n) is 8.13. The fraction of sp³-hybridized carbons (Fsp3) is 0.667. The maximum Gasteiger partial charge on any atom is 0.0719 e. The van der Waals surface area contributed by atoms with Crippen LogP contribution in [-0.4, -0.2) is 19.2 Å². The third-order valence-corrected chi connectivity index (χ3v) is 4.15. The molecule has 0 saturated heterocycles. The van der Waals surface area contributed by atoms with Crippen molar-refractivity contribution in [2.24, 2.45) is 5.92 Å². The first-order valence-corrected chi connectivity index (χ1v) is 8.13. The molecule has 1 aromatic rings. The quantitative estimate of drug-likeness (QED) is 0.776. The van der Waals surface area contributed by atoms with Gasteiger partial charge in [0.25, 0.3) is 0 Å². The molecule has 0 aromatic heterocycles. The van der Waals surface area contributed by atoms with Crippen LogP contribution in [0.4, 0.5) is 0 Å². The first kappa shape index (κ1) is 15.5. The zero-order valence-corrected chi connectivity index (χ0v) is 13.0. The predicted octanol–water partition coefficient (Wildman–Crippen LogP) is 3.93. The lowest BCUT2D eigenvalue weighted by Gasteiger charge is -2.14. The summed E-state index contributed by atoms with van der Waals surface area (Å²) in [6.07, 6.45) is 6.60. The van der Waals surface area contributed by atoms with Crippen molar-refractivity contribution in [2.75, 3.05) is 13.2 Å². The summed E-state index contributed by atoms with van der Waals surface area (Å²) >= 11 is 0. The molecule has 1 aliphatic rings. The van der Waals surface area contributed by atoms with Crippen LogP contribution in [0.25, 0.3) is 0 Å². The maximum absolute atomic E-state index is 5.95. The Bertz CT molecular complexity index is 383. The van der Waals surface area contributed by atoms with E-state index in [1.54, 1.807) is 0 Å². The van der Waals surface area contributed by atoms with E-state index < -0.39 is 0 Å². The molecule has 0 heterocycles. The number of nitrogens with one attached hydrogen (secondary N) is 1. The lowest BCUT2D eigenvalue weighted by molar-refractivity contribution is 0.0884. The molecule has 0 unspecified atom stereocenters. The van der Waals surface area contributed by atoms with Crippen molar-refractivity contribution in [3.8, 4) is 0 Å². The van der Waals surface area contributed by atoms with Gasteiger partial charge in [-0.3, -0.25) is 0 Å². The molecule has 112 valence electrons. The second kappa shape index (κ2) is 8.43. The Labute approximate surface area is 123 Å². The van der Waals surface area contributed by atoms with Crippen LogP contribution >= 0.6 is 0 Å². The highest BCUT2D eigenvalue weighted by Crippen LogP contribution is 2.25. The van der Waals surface area contributed by atoms with E-state index in [9.17, 15) is 0 Å². The van der Waals surface area contributed by atoms with Crippen LogP contribution in [0.15, 0.2) is 24.3 Å². The van der Waals surface area contributed by atoms with Crippen molar-refractivity contribution in [1.82, 2.24) is 5.32 Å². The highest BCUT2D eigenvalue weighted by atomic mass is 16.5. The van der Waals surface area contributed by atoms with Gasteiger partial charge in [0.2, 0.25) is 0 Å². The van der Waals surface area contributed by atoms with Gasteiger partial charge >= 0.3 is 0 Å². The van der Waals surface area contributed by atoms with E-state index >= 15 is 0 Å². The van der Waals surface area contributed by atoms with E-state index in [2.05, 4.69) is 43.4 Å². The van der Waals surface area contributed by atoms with E-state index in [-0.39, 0.29) is 0 Å². The van der Waals surface area contributed by atoms with Gasteiger partial charge in [0, 0.05) is 12.6 Å². The average Bonchev–Trinajstić information content (AvgIpc) is 2.93.